The SMILES string of the molecule is CCOc1ccccc1CCC(=O)NNC(=O)COc1ccc(OCc2ccccc2)cc1. The van der Waals surface area contributed by atoms with E-state index in [1.165, 1.54) is 0 Å². The van der Waals surface area contributed by atoms with Crippen molar-refractivity contribution in [3.8, 4) is 17.2 Å². The maximum absolute atomic E-state index is 12.0. The lowest BCUT2D eigenvalue weighted by atomic mass is 10.1. The number of para-hydroxylation sites is 1. The third-order valence-corrected chi connectivity index (χ3v) is 4.68. The number of aryl methyl sites for hydroxylation is 1. The summed E-state index contributed by atoms with van der Waals surface area (Å²) in [7, 11) is 0. The molecule has 3 aromatic carbocycles. The van der Waals surface area contributed by atoms with Gasteiger partial charge in [-0.3, -0.25) is 20.4 Å². The number of amides is 2. The van der Waals surface area contributed by atoms with Crippen LogP contribution in [0, 0.1) is 0 Å². The Balaban J connectivity index is 1.34. The van der Waals surface area contributed by atoms with Crippen molar-refractivity contribution in [3.63, 3.8) is 0 Å². The van der Waals surface area contributed by atoms with Gasteiger partial charge >= 0.3 is 0 Å². The van der Waals surface area contributed by atoms with Crippen LogP contribution in [0.1, 0.15) is 24.5 Å². The van der Waals surface area contributed by atoms with Gasteiger partial charge in [-0.1, -0.05) is 48.5 Å². The molecule has 2 N–H and O–H groups in total. The van der Waals surface area contributed by atoms with Gasteiger partial charge in [0, 0.05) is 6.42 Å². The topological polar surface area (TPSA) is 85.9 Å². The number of hydrazine groups is 1. The van der Waals surface area contributed by atoms with Gasteiger partial charge in [0.25, 0.3) is 5.91 Å². The number of ether oxygens (including phenoxy) is 3. The van der Waals surface area contributed by atoms with Crippen LogP contribution >= 0.6 is 0 Å². The molecule has 0 bridgehead atoms. The van der Waals surface area contributed by atoms with E-state index in [0.29, 0.717) is 31.1 Å². The van der Waals surface area contributed by atoms with E-state index < -0.39 is 5.91 Å². The summed E-state index contributed by atoms with van der Waals surface area (Å²) < 4.78 is 16.7. The lowest BCUT2D eigenvalue weighted by Crippen LogP contribution is -2.43. The summed E-state index contributed by atoms with van der Waals surface area (Å²) in [5.41, 5.74) is 6.79. The number of hydrogen-bond donors (Lipinski definition) is 2. The normalized spacial score (nSPS) is 10.2. The summed E-state index contributed by atoms with van der Waals surface area (Å²) in [6, 6.07) is 24.5. The molecule has 0 heterocycles. The number of carbonyl (C=O) groups is 2. The van der Waals surface area contributed by atoms with Crippen molar-refractivity contribution < 1.29 is 23.8 Å². The summed E-state index contributed by atoms with van der Waals surface area (Å²) in [4.78, 5) is 24.0. The number of hydrogen-bond acceptors (Lipinski definition) is 5. The maximum Gasteiger partial charge on any atom is 0.276 e. The molecule has 0 aromatic heterocycles. The first-order chi connectivity index (χ1) is 16.1. The van der Waals surface area contributed by atoms with Crippen LogP contribution in [-0.4, -0.2) is 25.0 Å². The van der Waals surface area contributed by atoms with Crippen molar-refractivity contribution >= 4 is 11.8 Å². The predicted octanol–water partition coefficient (Wildman–Crippen LogP) is 3.82. The van der Waals surface area contributed by atoms with Crippen molar-refractivity contribution in [1.82, 2.24) is 10.9 Å². The molecule has 7 heteroatoms. The maximum atomic E-state index is 12.0. The zero-order chi connectivity index (χ0) is 23.3. The van der Waals surface area contributed by atoms with E-state index in [4.69, 9.17) is 14.2 Å². The zero-order valence-electron chi connectivity index (χ0n) is 18.6. The number of carbonyl (C=O) groups excluding carboxylic acids is 2. The lowest BCUT2D eigenvalue weighted by Gasteiger charge is -2.11. The quantitative estimate of drug-likeness (QED) is 0.436. The highest BCUT2D eigenvalue weighted by Gasteiger charge is 2.09. The molecular weight excluding hydrogens is 420 g/mol. The van der Waals surface area contributed by atoms with Gasteiger partial charge in [0.1, 0.15) is 23.9 Å². The highest BCUT2D eigenvalue weighted by atomic mass is 16.5. The van der Waals surface area contributed by atoms with Gasteiger partial charge in [0.05, 0.1) is 6.61 Å². The first-order valence-corrected chi connectivity index (χ1v) is 10.8. The molecule has 0 unspecified atom stereocenters. The van der Waals surface area contributed by atoms with E-state index in [0.717, 1.165) is 16.9 Å². The molecule has 0 aliphatic rings. The Kier molecular flexibility index (Phi) is 9.15. The third-order valence-electron chi connectivity index (χ3n) is 4.68. The monoisotopic (exact) mass is 448 g/mol. The van der Waals surface area contributed by atoms with Gasteiger partial charge < -0.3 is 14.2 Å². The van der Waals surface area contributed by atoms with E-state index in [1.54, 1.807) is 24.3 Å². The van der Waals surface area contributed by atoms with E-state index in [-0.39, 0.29) is 18.9 Å². The molecule has 0 saturated heterocycles. The molecule has 7 nitrogen and oxygen atoms in total. The molecule has 2 amide bonds. The highest BCUT2D eigenvalue weighted by molar-refractivity contribution is 5.82. The van der Waals surface area contributed by atoms with Crippen LogP contribution in [0.25, 0.3) is 0 Å². The fourth-order valence-corrected chi connectivity index (χ4v) is 3.01. The van der Waals surface area contributed by atoms with Crippen LogP contribution in [0.4, 0.5) is 0 Å². The second-order valence-electron chi connectivity index (χ2n) is 7.17. The van der Waals surface area contributed by atoms with Gasteiger partial charge in [-0.25, -0.2) is 0 Å². The Morgan fingerprint density at radius 2 is 1.36 bits per heavy atom. The first kappa shape index (κ1) is 23.7. The van der Waals surface area contributed by atoms with E-state index in [9.17, 15) is 9.59 Å². The average molecular weight is 449 g/mol. The Hall–Kier alpha value is -4.00. The molecule has 0 atom stereocenters. The molecular formula is C26H28N2O5. The van der Waals surface area contributed by atoms with E-state index in [2.05, 4.69) is 10.9 Å². The van der Waals surface area contributed by atoms with Gasteiger partial charge in [-0.15, -0.1) is 0 Å². The average Bonchev–Trinajstić information content (AvgIpc) is 2.86. The van der Waals surface area contributed by atoms with Crippen LogP contribution in [0.15, 0.2) is 78.9 Å². The van der Waals surface area contributed by atoms with Crippen molar-refractivity contribution in [3.05, 3.63) is 90.0 Å². The summed E-state index contributed by atoms with van der Waals surface area (Å²) in [5, 5.41) is 0. The van der Waals surface area contributed by atoms with Crippen LogP contribution in [0.3, 0.4) is 0 Å². The van der Waals surface area contributed by atoms with Crippen molar-refractivity contribution in [1.29, 1.82) is 0 Å². The molecule has 0 saturated carbocycles. The highest BCUT2D eigenvalue weighted by Crippen LogP contribution is 2.20. The Morgan fingerprint density at radius 3 is 2.09 bits per heavy atom. The van der Waals surface area contributed by atoms with Crippen molar-refractivity contribution in [2.45, 2.75) is 26.4 Å². The minimum atomic E-state index is -0.456. The fraction of sp³-hybridized carbons (Fsp3) is 0.231. The van der Waals surface area contributed by atoms with Crippen LogP contribution in [-0.2, 0) is 22.6 Å². The Labute approximate surface area is 193 Å². The second kappa shape index (κ2) is 12.8. The van der Waals surface area contributed by atoms with Crippen LogP contribution in [0.5, 0.6) is 17.2 Å². The second-order valence-corrected chi connectivity index (χ2v) is 7.17. The first-order valence-electron chi connectivity index (χ1n) is 10.8. The molecule has 0 spiro atoms. The van der Waals surface area contributed by atoms with Crippen molar-refractivity contribution in [2.75, 3.05) is 13.2 Å². The Bertz CT molecular complexity index is 1020. The fourth-order valence-electron chi connectivity index (χ4n) is 3.01. The minimum Gasteiger partial charge on any atom is -0.494 e. The molecule has 33 heavy (non-hydrogen) atoms. The molecule has 0 radical (unpaired) electrons. The van der Waals surface area contributed by atoms with E-state index in [1.807, 2.05) is 61.5 Å². The summed E-state index contributed by atoms with van der Waals surface area (Å²) in [6.07, 6.45) is 0.725. The predicted molar refractivity (Wildman–Crippen MR) is 125 cm³/mol. The molecule has 172 valence electrons. The molecule has 0 fully saturated rings. The number of rotatable bonds is 11. The molecule has 0 aliphatic carbocycles. The molecule has 3 rings (SSSR count). The number of nitrogens with one attached hydrogen (secondary N) is 2. The Morgan fingerprint density at radius 1 is 0.727 bits per heavy atom. The molecule has 3 aromatic rings. The van der Waals surface area contributed by atoms with Gasteiger partial charge in [-0.05, 0) is 54.8 Å². The third kappa shape index (κ3) is 8.22. The lowest BCUT2D eigenvalue weighted by molar-refractivity contribution is -0.130. The summed E-state index contributed by atoms with van der Waals surface area (Å²) in [6.45, 7) is 2.72. The standard InChI is InChI=1S/C26H28N2O5/c1-2-31-24-11-7-6-10-21(24)12-17-25(29)27-28-26(30)19-33-23-15-13-22(14-16-23)32-18-20-8-4-3-5-9-20/h3-11,13-16H,2,12,17-19H2,1H3,(H,27,29)(H,28,30). The summed E-state index contributed by atoms with van der Waals surface area (Å²) >= 11 is 0. The van der Waals surface area contributed by atoms with Gasteiger partial charge in [0.2, 0.25) is 5.91 Å². The summed E-state index contributed by atoms with van der Waals surface area (Å²) in [5.74, 6) is 1.24. The molecule has 0 aliphatic heterocycles. The van der Waals surface area contributed by atoms with Gasteiger partial charge in [-0.2, -0.15) is 0 Å². The van der Waals surface area contributed by atoms with Gasteiger partial charge in [0.15, 0.2) is 6.61 Å². The van der Waals surface area contributed by atoms with Crippen LogP contribution in [0.2, 0.25) is 0 Å². The zero-order valence-corrected chi connectivity index (χ0v) is 18.6. The van der Waals surface area contributed by atoms with E-state index >= 15 is 0 Å². The minimum absolute atomic E-state index is 0.218. The number of benzene rings is 3. The smallest absolute Gasteiger partial charge is 0.276 e. The van der Waals surface area contributed by atoms with Crippen LogP contribution < -0.4 is 25.1 Å². The van der Waals surface area contributed by atoms with Crippen molar-refractivity contribution in [2.24, 2.45) is 0 Å². The largest absolute Gasteiger partial charge is 0.494 e.